The van der Waals surface area contributed by atoms with E-state index < -0.39 is 5.60 Å². The minimum atomic E-state index is -0.670. The van der Waals surface area contributed by atoms with E-state index in [1.165, 1.54) is 7.11 Å². The average Bonchev–Trinajstić information content (AvgIpc) is 3.17. The lowest BCUT2D eigenvalue weighted by Crippen LogP contribution is -2.53. The Morgan fingerprint density at radius 1 is 1.16 bits per heavy atom. The predicted octanol–water partition coefficient (Wildman–Crippen LogP) is 1.53. The van der Waals surface area contributed by atoms with Gasteiger partial charge >= 0.3 is 0 Å². The molecule has 174 valence electrons. The van der Waals surface area contributed by atoms with Crippen LogP contribution in [0.15, 0.2) is 12.1 Å². The molecular formula is C23H30N2O7. The highest BCUT2D eigenvalue weighted by Crippen LogP contribution is 2.47. The van der Waals surface area contributed by atoms with E-state index in [2.05, 4.69) is 0 Å². The van der Waals surface area contributed by atoms with E-state index in [4.69, 9.17) is 18.9 Å². The normalized spacial score (nSPS) is 22.0. The van der Waals surface area contributed by atoms with Gasteiger partial charge in [-0.15, -0.1) is 0 Å². The third-order valence-electron chi connectivity index (χ3n) is 6.72. The molecule has 9 nitrogen and oxygen atoms in total. The molecule has 1 spiro atoms. The number of likely N-dealkylation sites (tertiary alicyclic amines) is 2. The number of ketones is 1. The molecule has 0 bridgehead atoms. The molecule has 1 aromatic rings. The third-order valence-corrected chi connectivity index (χ3v) is 6.72. The van der Waals surface area contributed by atoms with Gasteiger partial charge in [0.1, 0.15) is 5.60 Å². The number of nitrogens with zero attached hydrogens (tertiary/aromatic N) is 2. The van der Waals surface area contributed by atoms with Crippen LogP contribution in [0.5, 0.6) is 17.2 Å². The first-order chi connectivity index (χ1) is 15.4. The Kier molecular flexibility index (Phi) is 6.28. The van der Waals surface area contributed by atoms with E-state index >= 15 is 0 Å². The number of carbonyl (C=O) groups is 3. The van der Waals surface area contributed by atoms with Crippen molar-refractivity contribution in [2.45, 2.75) is 31.3 Å². The lowest BCUT2D eigenvalue weighted by molar-refractivity contribution is -0.139. The quantitative estimate of drug-likeness (QED) is 0.654. The highest BCUT2D eigenvalue weighted by molar-refractivity contribution is 6.01. The van der Waals surface area contributed by atoms with E-state index in [0.717, 1.165) is 0 Å². The number of piperidine rings is 1. The zero-order valence-electron chi connectivity index (χ0n) is 18.8. The lowest BCUT2D eigenvalue weighted by atomic mass is 9.82. The average molecular weight is 447 g/mol. The number of benzene rings is 1. The van der Waals surface area contributed by atoms with Crippen molar-refractivity contribution in [2.24, 2.45) is 5.92 Å². The van der Waals surface area contributed by atoms with Gasteiger partial charge in [-0.3, -0.25) is 14.4 Å². The fourth-order valence-electron chi connectivity index (χ4n) is 4.89. The number of ether oxygens (including phenoxy) is 4. The maximum atomic E-state index is 13.1. The SMILES string of the molecule is COCCN1CC(C(=O)N2CCC3(CC2)CC(=O)c2ccc(OC)c(OC)c2O3)CC1=O. The predicted molar refractivity (Wildman–Crippen MR) is 114 cm³/mol. The fourth-order valence-corrected chi connectivity index (χ4v) is 4.89. The lowest BCUT2D eigenvalue weighted by Gasteiger charge is -2.44. The number of Topliss-reactive ketones (excluding diaryl/α,β-unsaturated/α-hetero) is 1. The van der Waals surface area contributed by atoms with E-state index in [9.17, 15) is 14.4 Å². The van der Waals surface area contributed by atoms with Gasteiger partial charge in [-0.1, -0.05) is 0 Å². The van der Waals surface area contributed by atoms with Crippen molar-refractivity contribution in [1.29, 1.82) is 0 Å². The molecule has 3 aliphatic heterocycles. The monoisotopic (exact) mass is 446 g/mol. The number of rotatable bonds is 6. The molecular weight excluding hydrogens is 416 g/mol. The van der Waals surface area contributed by atoms with Crippen molar-refractivity contribution >= 4 is 17.6 Å². The first-order valence-electron chi connectivity index (χ1n) is 10.9. The number of carbonyl (C=O) groups excluding carboxylic acids is 3. The largest absolute Gasteiger partial charge is 0.493 e. The Balaban J connectivity index is 1.43. The smallest absolute Gasteiger partial charge is 0.227 e. The maximum Gasteiger partial charge on any atom is 0.227 e. The zero-order chi connectivity index (χ0) is 22.9. The van der Waals surface area contributed by atoms with Crippen LogP contribution in [-0.4, -0.2) is 87.1 Å². The summed E-state index contributed by atoms with van der Waals surface area (Å²) in [6.45, 7) is 2.36. The Bertz CT molecular complexity index is 908. The van der Waals surface area contributed by atoms with Crippen molar-refractivity contribution in [1.82, 2.24) is 9.80 Å². The van der Waals surface area contributed by atoms with Crippen LogP contribution in [-0.2, 0) is 14.3 Å². The van der Waals surface area contributed by atoms with Crippen molar-refractivity contribution in [3.63, 3.8) is 0 Å². The minimum Gasteiger partial charge on any atom is -0.493 e. The van der Waals surface area contributed by atoms with Gasteiger partial charge in [0.2, 0.25) is 17.6 Å². The molecule has 0 saturated carbocycles. The van der Waals surface area contributed by atoms with Crippen molar-refractivity contribution in [2.75, 3.05) is 54.1 Å². The summed E-state index contributed by atoms with van der Waals surface area (Å²) in [5.74, 6) is 0.999. The van der Waals surface area contributed by atoms with E-state index in [0.29, 0.717) is 68.4 Å². The number of hydrogen-bond acceptors (Lipinski definition) is 7. The van der Waals surface area contributed by atoms with Crippen molar-refractivity contribution in [3.8, 4) is 17.2 Å². The molecule has 0 radical (unpaired) electrons. The number of fused-ring (bicyclic) bond motifs is 1. The third kappa shape index (κ3) is 4.01. The second kappa shape index (κ2) is 8.97. The summed E-state index contributed by atoms with van der Waals surface area (Å²) in [5.41, 5.74) is -0.177. The molecule has 1 atom stereocenters. The van der Waals surface area contributed by atoms with Gasteiger partial charge in [0.05, 0.1) is 38.7 Å². The van der Waals surface area contributed by atoms with Crippen LogP contribution < -0.4 is 14.2 Å². The summed E-state index contributed by atoms with van der Waals surface area (Å²) >= 11 is 0. The standard InChI is InChI=1S/C23H30N2O7/c1-29-11-10-25-14-15(12-19(25)27)22(28)24-8-6-23(7-9-24)13-17(26)16-4-5-18(30-2)21(31-3)20(16)32-23/h4-5,15H,6-14H2,1-3H3. The van der Waals surface area contributed by atoms with Crippen LogP contribution in [0, 0.1) is 5.92 Å². The number of hydrogen-bond donors (Lipinski definition) is 0. The summed E-state index contributed by atoms with van der Waals surface area (Å²) in [7, 11) is 4.65. The molecule has 0 N–H and O–H groups in total. The maximum absolute atomic E-state index is 13.1. The molecule has 32 heavy (non-hydrogen) atoms. The van der Waals surface area contributed by atoms with Crippen molar-refractivity contribution in [3.05, 3.63) is 17.7 Å². The van der Waals surface area contributed by atoms with Crippen LogP contribution in [0.25, 0.3) is 0 Å². The molecule has 0 aromatic heterocycles. The van der Waals surface area contributed by atoms with Gasteiger partial charge < -0.3 is 28.7 Å². The van der Waals surface area contributed by atoms with Gasteiger partial charge in [0, 0.05) is 52.6 Å². The Hall–Kier alpha value is -2.81. The van der Waals surface area contributed by atoms with Crippen LogP contribution in [0.1, 0.15) is 36.0 Å². The molecule has 4 rings (SSSR count). The summed E-state index contributed by atoms with van der Waals surface area (Å²) < 4.78 is 22.3. The molecule has 2 fully saturated rings. The fraction of sp³-hybridized carbons (Fsp3) is 0.609. The minimum absolute atomic E-state index is 0.00199. The molecule has 1 aromatic carbocycles. The van der Waals surface area contributed by atoms with Crippen molar-refractivity contribution < 1.29 is 33.3 Å². The molecule has 2 amide bonds. The van der Waals surface area contributed by atoms with Gasteiger partial charge in [-0.2, -0.15) is 0 Å². The topological polar surface area (TPSA) is 94.6 Å². The highest BCUT2D eigenvalue weighted by Gasteiger charge is 2.46. The molecule has 1 unspecified atom stereocenters. The Morgan fingerprint density at radius 3 is 2.56 bits per heavy atom. The Morgan fingerprint density at radius 2 is 1.91 bits per heavy atom. The first kappa shape index (κ1) is 22.4. The van der Waals surface area contributed by atoms with Gasteiger partial charge in [-0.25, -0.2) is 0 Å². The summed E-state index contributed by atoms with van der Waals surface area (Å²) in [5, 5.41) is 0. The second-order valence-corrected chi connectivity index (χ2v) is 8.62. The highest BCUT2D eigenvalue weighted by atomic mass is 16.5. The molecule has 2 saturated heterocycles. The van der Waals surface area contributed by atoms with Crippen LogP contribution in [0.2, 0.25) is 0 Å². The number of amides is 2. The Labute approximate surface area is 187 Å². The molecule has 9 heteroatoms. The van der Waals surface area contributed by atoms with E-state index in [1.54, 1.807) is 36.2 Å². The molecule has 3 heterocycles. The zero-order valence-corrected chi connectivity index (χ0v) is 18.8. The van der Waals surface area contributed by atoms with E-state index in [1.807, 2.05) is 0 Å². The summed E-state index contributed by atoms with van der Waals surface area (Å²) in [6.07, 6.45) is 1.59. The van der Waals surface area contributed by atoms with Gasteiger partial charge in [0.15, 0.2) is 17.3 Å². The molecule has 0 aliphatic carbocycles. The summed E-state index contributed by atoms with van der Waals surface area (Å²) in [6, 6.07) is 3.41. The van der Waals surface area contributed by atoms with Crippen LogP contribution in [0.4, 0.5) is 0 Å². The van der Waals surface area contributed by atoms with Crippen LogP contribution in [0.3, 0.4) is 0 Å². The molecule has 3 aliphatic rings. The number of methoxy groups -OCH3 is 3. The van der Waals surface area contributed by atoms with Crippen LogP contribution >= 0.6 is 0 Å². The van der Waals surface area contributed by atoms with Gasteiger partial charge in [-0.05, 0) is 12.1 Å². The first-order valence-corrected chi connectivity index (χ1v) is 10.9. The second-order valence-electron chi connectivity index (χ2n) is 8.62. The summed E-state index contributed by atoms with van der Waals surface area (Å²) in [4.78, 5) is 41.7. The van der Waals surface area contributed by atoms with Gasteiger partial charge in [0.25, 0.3) is 0 Å². The van der Waals surface area contributed by atoms with E-state index in [-0.39, 0.29) is 36.4 Å².